The lowest BCUT2D eigenvalue weighted by molar-refractivity contribution is 0.0872. The maximum absolute atomic E-state index is 13.0. The largest absolute Gasteiger partial charge is 0.493 e. The standard InChI is InChI=1S/C25H22N2O4/c1-2-29-21-8-4-3-7-18(21)12-23-24(28)19-9-10-22-20(25(19)31-23)15-27(16-30-22)14-17-6-5-11-26-13-17/h3-13H,2,14-16H2,1H3/b23-12-. The average Bonchev–Trinajstić information content (AvgIpc) is 3.12. The number of ketones is 1. The molecule has 0 saturated carbocycles. The zero-order valence-electron chi connectivity index (χ0n) is 17.2. The molecule has 0 saturated heterocycles. The summed E-state index contributed by atoms with van der Waals surface area (Å²) < 4.78 is 17.7. The molecule has 0 unspecified atom stereocenters. The molecular weight excluding hydrogens is 392 g/mol. The van der Waals surface area contributed by atoms with Gasteiger partial charge in [0.15, 0.2) is 5.76 Å². The van der Waals surface area contributed by atoms with Crippen molar-refractivity contribution in [2.75, 3.05) is 13.3 Å². The molecule has 2 aromatic carbocycles. The third-order valence-electron chi connectivity index (χ3n) is 5.32. The minimum absolute atomic E-state index is 0.131. The predicted octanol–water partition coefficient (Wildman–Crippen LogP) is 4.45. The molecule has 2 aliphatic heterocycles. The Balaban J connectivity index is 1.43. The van der Waals surface area contributed by atoms with Crippen LogP contribution in [0.15, 0.2) is 66.7 Å². The SMILES string of the molecule is CCOc1ccccc1/C=C1\Oc2c(ccc3c2CN(Cc2cccnc2)CO3)C1=O. The third kappa shape index (κ3) is 3.78. The second kappa shape index (κ2) is 8.24. The number of hydrogen-bond donors (Lipinski definition) is 0. The van der Waals surface area contributed by atoms with E-state index in [0.29, 0.717) is 43.5 Å². The molecule has 3 aromatic rings. The molecule has 0 spiro atoms. The lowest BCUT2D eigenvalue weighted by Crippen LogP contribution is -2.31. The summed E-state index contributed by atoms with van der Waals surface area (Å²) >= 11 is 0. The molecule has 2 aliphatic rings. The first-order valence-electron chi connectivity index (χ1n) is 10.3. The van der Waals surface area contributed by atoms with Crippen LogP contribution >= 0.6 is 0 Å². The van der Waals surface area contributed by atoms with Gasteiger partial charge in [-0.3, -0.25) is 14.7 Å². The van der Waals surface area contributed by atoms with E-state index in [1.54, 1.807) is 18.3 Å². The zero-order valence-corrected chi connectivity index (χ0v) is 17.2. The van der Waals surface area contributed by atoms with Gasteiger partial charge in [-0.05, 0) is 42.8 Å². The Morgan fingerprint density at radius 2 is 2.06 bits per heavy atom. The summed E-state index contributed by atoms with van der Waals surface area (Å²) in [6, 6.07) is 15.2. The first-order valence-corrected chi connectivity index (χ1v) is 10.3. The Morgan fingerprint density at radius 1 is 1.16 bits per heavy atom. The summed E-state index contributed by atoms with van der Waals surface area (Å²) in [5.41, 5.74) is 3.37. The highest BCUT2D eigenvalue weighted by Crippen LogP contribution is 2.42. The Hall–Kier alpha value is -3.64. The van der Waals surface area contributed by atoms with Crippen LogP contribution in [0.25, 0.3) is 6.08 Å². The average molecular weight is 414 g/mol. The number of carbonyl (C=O) groups is 1. The molecule has 0 radical (unpaired) electrons. The molecule has 0 atom stereocenters. The van der Waals surface area contributed by atoms with E-state index >= 15 is 0 Å². The number of fused-ring (bicyclic) bond motifs is 3. The van der Waals surface area contributed by atoms with Gasteiger partial charge in [0.05, 0.1) is 17.7 Å². The molecule has 0 bridgehead atoms. The fourth-order valence-electron chi connectivity index (χ4n) is 3.88. The molecule has 0 amide bonds. The molecule has 3 heterocycles. The molecule has 31 heavy (non-hydrogen) atoms. The van der Waals surface area contributed by atoms with Crippen molar-refractivity contribution in [1.82, 2.24) is 9.88 Å². The van der Waals surface area contributed by atoms with Gasteiger partial charge in [0.25, 0.3) is 0 Å². The monoisotopic (exact) mass is 414 g/mol. The topological polar surface area (TPSA) is 60.9 Å². The van der Waals surface area contributed by atoms with Gasteiger partial charge in [-0.15, -0.1) is 0 Å². The van der Waals surface area contributed by atoms with Crippen LogP contribution in [-0.2, 0) is 13.1 Å². The van der Waals surface area contributed by atoms with E-state index in [1.165, 1.54) is 0 Å². The number of nitrogens with zero attached hydrogens (tertiary/aromatic N) is 2. The maximum Gasteiger partial charge on any atom is 0.231 e. The van der Waals surface area contributed by atoms with Crippen molar-refractivity contribution >= 4 is 11.9 Å². The van der Waals surface area contributed by atoms with Gasteiger partial charge >= 0.3 is 0 Å². The Kier molecular flexibility index (Phi) is 5.14. The van der Waals surface area contributed by atoms with Crippen molar-refractivity contribution in [2.24, 2.45) is 0 Å². The summed E-state index contributed by atoms with van der Waals surface area (Å²) in [6.45, 7) is 4.28. The van der Waals surface area contributed by atoms with Crippen molar-refractivity contribution in [1.29, 1.82) is 0 Å². The minimum atomic E-state index is -0.131. The van der Waals surface area contributed by atoms with Crippen LogP contribution in [0.1, 0.15) is 34.0 Å². The van der Waals surface area contributed by atoms with Gasteiger partial charge in [0.1, 0.15) is 24.0 Å². The smallest absolute Gasteiger partial charge is 0.231 e. The number of allylic oxidation sites excluding steroid dienone is 1. The lowest BCUT2D eigenvalue weighted by Gasteiger charge is -2.29. The molecular formula is C25H22N2O4. The molecule has 5 rings (SSSR count). The molecule has 1 aromatic heterocycles. The second-order valence-electron chi connectivity index (χ2n) is 7.45. The number of Topliss-reactive ketones (excluding diaryl/α,β-unsaturated/α-hetero) is 1. The minimum Gasteiger partial charge on any atom is -0.493 e. The molecule has 156 valence electrons. The highest BCUT2D eigenvalue weighted by Gasteiger charge is 2.33. The predicted molar refractivity (Wildman–Crippen MR) is 116 cm³/mol. The van der Waals surface area contributed by atoms with Crippen LogP contribution in [0.4, 0.5) is 0 Å². The van der Waals surface area contributed by atoms with E-state index < -0.39 is 0 Å². The fourth-order valence-corrected chi connectivity index (χ4v) is 3.88. The number of pyridine rings is 1. The van der Waals surface area contributed by atoms with E-state index in [0.717, 1.165) is 28.2 Å². The van der Waals surface area contributed by atoms with Crippen LogP contribution in [0.3, 0.4) is 0 Å². The highest BCUT2D eigenvalue weighted by molar-refractivity contribution is 6.15. The number of benzene rings is 2. The van der Waals surface area contributed by atoms with Crippen molar-refractivity contribution in [3.8, 4) is 17.2 Å². The van der Waals surface area contributed by atoms with E-state index in [2.05, 4.69) is 9.88 Å². The van der Waals surface area contributed by atoms with Gasteiger partial charge in [0, 0.05) is 31.0 Å². The van der Waals surface area contributed by atoms with Crippen molar-refractivity contribution < 1.29 is 19.0 Å². The number of hydrogen-bond acceptors (Lipinski definition) is 6. The van der Waals surface area contributed by atoms with Crippen LogP contribution < -0.4 is 14.2 Å². The first-order chi connectivity index (χ1) is 15.2. The normalized spacial score (nSPS) is 16.4. The number of carbonyl (C=O) groups excluding carboxylic acids is 1. The van der Waals surface area contributed by atoms with Gasteiger partial charge < -0.3 is 14.2 Å². The zero-order chi connectivity index (χ0) is 21.2. The van der Waals surface area contributed by atoms with Gasteiger partial charge in [-0.1, -0.05) is 24.3 Å². The van der Waals surface area contributed by atoms with Crippen molar-refractivity contribution in [3.63, 3.8) is 0 Å². The van der Waals surface area contributed by atoms with Gasteiger partial charge in [0.2, 0.25) is 5.78 Å². The first kappa shape index (κ1) is 19.3. The quantitative estimate of drug-likeness (QED) is 0.575. The molecule has 0 aliphatic carbocycles. The highest BCUT2D eigenvalue weighted by atomic mass is 16.5. The lowest BCUT2D eigenvalue weighted by atomic mass is 10.0. The van der Waals surface area contributed by atoms with Gasteiger partial charge in [-0.2, -0.15) is 0 Å². The van der Waals surface area contributed by atoms with Gasteiger partial charge in [-0.25, -0.2) is 0 Å². The summed E-state index contributed by atoms with van der Waals surface area (Å²) in [5.74, 6) is 2.22. The van der Waals surface area contributed by atoms with E-state index in [-0.39, 0.29) is 5.78 Å². The molecule has 6 nitrogen and oxygen atoms in total. The second-order valence-corrected chi connectivity index (χ2v) is 7.45. The summed E-state index contributed by atoms with van der Waals surface area (Å²) in [5, 5.41) is 0. The van der Waals surface area contributed by atoms with E-state index in [1.807, 2.05) is 55.6 Å². The van der Waals surface area contributed by atoms with E-state index in [9.17, 15) is 4.79 Å². The van der Waals surface area contributed by atoms with E-state index in [4.69, 9.17) is 14.2 Å². The maximum atomic E-state index is 13.0. The van der Waals surface area contributed by atoms with Crippen LogP contribution in [0.5, 0.6) is 17.2 Å². The number of ether oxygens (including phenoxy) is 3. The summed E-state index contributed by atoms with van der Waals surface area (Å²) in [4.78, 5) is 19.4. The number of para-hydroxylation sites is 1. The van der Waals surface area contributed by atoms with Crippen LogP contribution in [0.2, 0.25) is 0 Å². The fraction of sp³-hybridized carbons (Fsp3) is 0.200. The molecule has 6 heteroatoms. The van der Waals surface area contributed by atoms with Crippen LogP contribution in [-0.4, -0.2) is 29.0 Å². The van der Waals surface area contributed by atoms with Crippen molar-refractivity contribution in [3.05, 3.63) is 88.9 Å². The Morgan fingerprint density at radius 3 is 2.90 bits per heavy atom. The third-order valence-corrected chi connectivity index (χ3v) is 5.32. The number of aromatic nitrogens is 1. The van der Waals surface area contributed by atoms with Crippen LogP contribution in [0, 0.1) is 0 Å². The van der Waals surface area contributed by atoms with Crippen molar-refractivity contribution in [2.45, 2.75) is 20.0 Å². The summed E-state index contributed by atoms with van der Waals surface area (Å²) in [7, 11) is 0. The summed E-state index contributed by atoms with van der Waals surface area (Å²) in [6.07, 6.45) is 5.35. The molecule has 0 N–H and O–H groups in total. The number of rotatable bonds is 5. The Bertz CT molecular complexity index is 1160. The Labute approximate surface area is 180 Å². The molecule has 0 fully saturated rings.